The Morgan fingerprint density at radius 2 is 1.23 bits per heavy atom. The lowest BCUT2D eigenvalue weighted by Gasteiger charge is -2.39. The minimum absolute atomic E-state index is 0.445. The molecule has 0 bridgehead atoms. The van der Waals surface area contributed by atoms with Crippen LogP contribution in [0.5, 0.6) is 0 Å². The minimum atomic E-state index is -4.43. The largest absolute Gasteiger partial charge is 0.416 e. The number of hydrogen-bond donors (Lipinski definition) is 0. The van der Waals surface area contributed by atoms with Crippen molar-refractivity contribution in [2.24, 2.45) is 9.98 Å². The maximum Gasteiger partial charge on any atom is 0.416 e. The second-order valence-electron chi connectivity index (χ2n) is 11.0. The maximum atomic E-state index is 13.4. The molecule has 1 saturated heterocycles. The molecule has 4 aromatic rings. The molecule has 0 saturated carbocycles. The molecule has 0 spiro atoms. The molecular weight excluding hydrogens is 569 g/mol. The number of aryl methyl sites for hydroxylation is 4. The van der Waals surface area contributed by atoms with Crippen LogP contribution >= 0.6 is 11.6 Å². The van der Waals surface area contributed by atoms with E-state index in [1.54, 1.807) is 0 Å². The highest BCUT2D eigenvalue weighted by Crippen LogP contribution is 2.33. The lowest BCUT2D eigenvalue weighted by Crippen LogP contribution is -2.50. The van der Waals surface area contributed by atoms with Crippen LogP contribution in [-0.2, 0) is 6.18 Å². The topological polar surface area (TPSA) is 31.2 Å². The van der Waals surface area contributed by atoms with Crippen molar-refractivity contribution in [2.45, 2.75) is 40.3 Å². The van der Waals surface area contributed by atoms with Gasteiger partial charge in [0.1, 0.15) is 11.7 Å². The molecule has 43 heavy (non-hydrogen) atoms. The van der Waals surface area contributed by atoms with Gasteiger partial charge in [0.25, 0.3) is 0 Å². The van der Waals surface area contributed by atoms with Crippen LogP contribution in [0.15, 0.2) is 94.9 Å². The molecule has 1 aliphatic rings. The fourth-order valence-electron chi connectivity index (χ4n) is 5.42. The highest BCUT2D eigenvalue weighted by molar-refractivity contribution is 6.33. The fourth-order valence-corrected chi connectivity index (χ4v) is 5.78. The predicted octanol–water partition coefficient (Wildman–Crippen LogP) is 9.41. The molecule has 0 unspecified atom stereocenters. The van der Waals surface area contributed by atoms with E-state index in [4.69, 9.17) is 21.6 Å². The van der Waals surface area contributed by atoms with Crippen LogP contribution in [0.3, 0.4) is 0 Å². The van der Waals surface area contributed by atoms with Gasteiger partial charge >= 0.3 is 6.18 Å². The Morgan fingerprint density at radius 1 is 0.674 bits per heavy atom. The van der Waals surface area contributed by atoms with Crippen molar-refractivity contribution < 1.29 is 13.2 Å². The van der Waals surface area contributed by atoms with Crippen molar-refractivity contribution >= 4 is 34.6 Å². The summed E-state index contributed by atoms with van der Waals surface area (Å²) >= 11 is 6.67. The number of nitrogens with zero attached hydrogens (tertiary/aromatic N) is 4. The van der Waals surface area contributed by atoms with Crippen molar-refractivity contribution in [1.29, 1.82) is 0 Å². The Labute approximate surface area is 256 Å². The van der Waals surface area contributed by atoms with Crippen LogP contribution in [-0.4, -0.2) is 41.2 Å². The number of para-hydroxylation sites is 1. The van der Waals surface area contributed by atoms with Crippen molar-refractivity contribution in [2.75, 3.05) is 19.8 Å². The average molecular weight is 603 g/mol. The van der Waals surface area contributed by atoms with E-state index in [1.165, 1.54) is 12.1 Å². The third-order valence-electron chi connectivity index (χ3n) is 7.57. The average Bonchev–Trinajstić information content (AvgIpc) is 2.97. The molecule has 4 aromatic carbocycles. The van der Waals surface area contributed by atoms with Crippen LogP contribution < -0.4 is 0 Å². The lowest BCUT2D eigenvalue weighted by molar-refractivity contribution is -0.137. The van der Waals surface area contributed by atoms with Gasteiger partial charge in [-0.1, -0.05) is 78.3 Å². The second kappa shape index (κ2) is 12.6. The number of rotatable bonds is 4. The monoisotopic (exact) mass is 602 g/mol. The summed E-state index contributed by atoms with van der Waals surface area (Å²) in [7, 11) is 0. The Morgan fingerprint density at radius 3 is 1.79 bits per heavy atom. The van der Waals surface area contributed by atoms with E-state index in [2.05, 4.69) is 35.8 Å². The van der Waals surface area contributed by atoms with Gasteiger partial charge in [0.2, 0.25) is 0 Å². The molecule has 0 N–H and O–H groups in total. The molecule has 0 aromatic heterocycles. The molecule has 5 rings (SSSR count). The molecule has 0 atom stereocenters. The van der Waals surface area contributed by atoms with E-state index in [0.717, 1.165) is 64.4 Å². The number of hydrogen-bond acceptors (Lipinski definition) is 2. The number of halogens is 4. The molecule has 1 aliphatic heterocycles. The van der Waals surface area contributed by atoms with Crippen molar-refractivity contribution in [3.05, 3.63) is 129 Å². The molecule has 4 nitrogen and oxygen atoms in total. The summed E-state index contributed by atoms with van der Waals surface area (Å²) in [5, 5.41) is 0.498. The molecule has 1 fully saturated rings. The van der Waals surface area contributed by atoms with Gasteiger partial charge in [-0.15, -0.1) is 0 Å². The molecule has 1 heterocycles. The Hall–Kier alpha value is -4.10. The summed E-state index contributed by atoms with van der Waals surface area (Å²) in [5.41, 5.74) is 6.46. The van der Waals surface area contributed by atoms with Gasteiger partial charge in [0.15, 0.2) is 0 Å². The zero-order valence-electron chi connectivity index (χ0n) is 24.7. The molecular formula is C35H34ClF3N4. The van der Waals surface area contributed by atoms with Crippen molar-refractivity contribution in [3.63, 3.8) is 0 Å². The Balaban J connectivity index is 1.60. The molecule has 0 amide bonds. The summed E-state index contributed by atoms with van der Waals surface area (Å²) < 4.78 is 40.3. The Kier molecular flexibility index (Phi) is 8.92. The maximum absolute atomic E-state index is 13.4. The number of benzene rings is 4. The minimum Gasteiger partial charge on any atom is -0.338 e. The third-order valence-corrected chi connectivity index (χ3v) is 7.86. The first kappa shape index (κ1) is 30.4. The molecule has 222 valence electrons. The summed E-state index contributed by atoms with van der Waals surface area (Å²) in [6.07, 6.45) is -3.62. The zero-order valence-corrected chi connectivity index (χ0v) is 25.5. The van der Waals surface area contributed by atoms with Gasteiger partial charge < -0.3 is 9.80 Å². The summed E-state index contributed by atoms with van der Waals surface area (Å²) in [4.78, 5) is 14.6. The van der Waals surface area contributed by atoms with E-state index in [9.17, 15) is 13.2 Å². The van der Waals surface area contributed by atoms with Gasteiger partial charge in [-0.3, -0.25) is 0 Å². The van der Waals surface area contributed by atoms with E-state index in [0.29, 0.717) is 35.3 Å². The number of amidine groups is 2. The van der Waals surface area contributed by atoms with Crippen LogP contribution in [0.25, 0.3) is 0 Å². The first-order valence-corrected chi connectivity index (χ1v) is 14.6. The van der Waals surface area contributed by atoms with E-state index < -0.39 is 11.7 Å². The van der Waals surface area contributed by atoms with Gasteiger partial charge in [0.05, 0.1) is 28.6 Å². The second-order valence-corrected chi connectivity index (χ2v) is 11.4. The van der Waals surface area contributed by atoms with E-state index in [-0.39, 0.29) is 0 Å². The summed E-state index contributed by atoms with van der Waals surface area (Å²) in [6.45, 7) is 9.90. The van der Waals surface area contributed by atoms with Gasteiger partial charge in [0, 0.05) is 24.2 Å². The Bertz CT molecular complexity index is 1620. The predicted molar refractivity (Wildman–Crippen MR) is 170 cm³/mol. The number of aliphatic imine (C=N–C) groups is 2. The lowest BCUT2D eigenvalue weighted by atomic mass is 10.1. The molecule has 8 heteroatoms. The smallest absolute Gasteiger partial charge is 0.338 e. The van der Waals surface area contributed by atoms with Gasteiger partial charge in [-0.05, 0) is 74.6 Å². The molecule has 0 aliphatic carbocycles. The molecule has 0 radical (unpaired) electrons. The van der Waals surface area contributed by atoms with Crippen LogP contribution in [0.4, 0.5) is 24.5 Å². The van der Waals surface area contributed by atoms with Gasteiger partial charge in [-0.2, -0.15) is 13.2 Å². The normalized spacial score (nSPS) is 14.8. The first-order chi connectivity index (χ1) is 20.5. The third kappa shape index (κ3) is 6.94. The van der Waals surface area contributed by atoms with Crippen LogP contribution in [0.1, 0.15) is 45.4 Å². The quantitative estimate of drug-likeness (QED) is 0.172. The van der Waals surface area contributed by atoms with Crippen LogP contribution in [0.2, 0.25) is 5.02 Å². The number of alkyl halides is 3. The zero-order chi connectivity index (χ0) is 30.7. The summed E-state index contributed by atoms with van der Waals surface area (Å²) in [5.74, 6) is 1.39. The highest BCUT2D eigenvalue weighted by Gasteiger charge is 2.31. The van der Waals surface area contributed by atoms with Gasteiger partial charge in [-0.25, -0.2) is 9.98 Å². The fraction of sp³-hybridized carbons (Fsp3) is 0.257. The van der Waals surface area contributed by atoms with E-state index >= 15 is 0 Å². The van der Waals surface area contributed by atoms with Crippen molar-refractivity contribution in [3.8, 4) is 0 Å². The summed E-state index contributed by atoms with van der Waals surface area (Å²) in [6, 6.07) is 25.2. The van der Waals surface area contributed by atoms with Crippen LogP contribution in [0, 0.1) is 27.7 Å². The highest BCUT2D eigenvalue weighted by atomic mass is 35.5. The SMILES string of the molecule is Cc1cc(C)c(N=C(c2ccc(C(F)(F)F)cc2)N2CCCN(C(=Nc3c(C)cccc3C)c3ccccc3)C2)c(Cl)c1. The first-order valence-electron chi connectivity index (χ1n) is 14.2. The van der Waals surface area contributed by atoms with Crippen molar-refractivity contribution in [1.82, 2.24) is 9.80 Å². The van der Waals surface area contributed by atoms with E-state index in [1.807, 2.05) is 62.4 Å². The standard InChI is InChI=1S/C35H34ClF3N4/c1-23-20-26(4)32(30(36)21-23)41-34(28-14-16-29(17-15-28)35(37,38)39)43-19-9-18-42(22-43)33(27-12-6-5-7-13-27)40-31-24(2)10-8-11-25(31)3/h5-8,10-17,20-21H,9,18-19,22H2,1-4H3.